The number of fused-ring (bicyclic) bond motifs is 1. The first-order valence-corrected chi connectivity index (χ1v) is 6.85. The van der Waals surface area contributed by atoms with E-state index in [0.717, 1.165) is 22.3 Å². The quantitative estimate of drug-likeness (QED) is 0.759. The van der Waals surface area contributed by atoms with Crippen molar-refractivity contribution in [1.82, 2.24) is 9.66 Å². The minimum atomic E-state index is 0.404. The fraction of sp³-hybridized carbons (Fsp3) is 0.500. The van der Waals surface area contributed by atoms with Crippen LogP contribution in [0.3, 0.4) is 0 Å². The van der Waals surface area contributed by atoms with E-state index in [0.29, 0.717) is 12.1 Å². The first-order chi connectivity index (χ1) is 8.15. The monoisotopic (exact) mass is 248 g/mol. The van der Waals surface area contributed by atoms with Crippen LogP contribution in [0.25, 0.3) is 6.08 Å². The highest BCUT2D eigenvalue weighted by Crippen LogP contribution is 2.24. The summed E-state index contributed by atoms with van der Waals surface area (Å²) in [5.74, 6) is 2.06. The van der Waals surface area contributed by atoms with Gasteiger partial charge in [-0.3, -0.25) is 4.99 Å². The second kappa shape index (κ2) is 3.91. The Kier molecular flexibility index (Phi) is 2.50. The molecule has 0 aliphatic carbocycles. The Balaban J connectivity index is 1.98. The number of thioether (sulfide) groups is 1. The lowest BCUT2D eigenvalue weighted by atomic mass is 10.2. The number of aliphatic imine (C=N–C) groups is 1. The Hall–Kier alpha value is -1.23. The summed E-state index contributed by atoms with van der Waals surface area (Å²) in [5, 5.41) is 3.25. The zero-order chi connectivity index (χ0) is 12.0. The number of hydrogen-bond donors (Lipinski definition) is 0. The predicted octanol–water partition coefficient (Wildman–Crippen LogP) is 1.75. The molecule has 17 heavy (non-hydrogen) atoms. The summed E-state index contributed by atoms with van der Waals surface area (Å²) in [6.07, 6.45) is 6.33. The smallest absolute Gasteiger partial charge is 0.151 e. The molecule has 0 bridgehead atoms. The lowest BCUT2D eigenvalue weighted by Gasteiger charge is -2.29. The number of imidazole rings is 1. The molecule has 4 nitrogen and oxygen atoms in total. The molecule has 0 amide bonds. The molecule has 0 saturated heterocycles. The number of aromatic nitrogens is 2. The molecule has 3 rings (SSSR count). The molecule has 0 radical (unpaired) electrons. The Morgan fingerprint density at radius 1 is 1.41 bits per heavy atom. The molecular formula is C12H16N4S. The maximum Gasteiger partial charge on any atom is 0.151 e. The van der Waals surface area contributed by atoms with E-state index in [1.54, 1.807) is 11.8 Å². The minimum Gasteiger partial charge on any atom is -0.308 e. The van der Waals surface area contributed by atoms with Crippen molar-refractivity contribution in [3.63, 3.8) is 0 Å². The van der Waals surface area contributed by atoms with Gasteiger partial charge in [0.1, 0.15) is 10.7 Å². The van der Waals surface area contributed by atoms with E-state index in [1.807, 2.05) is 0 Å². The maximum atomic E-state index is 4.63. The van der Waals surface area contributed by atoms with Crippen LogP contribution in [-0.2, 0) is 0 Å². The Morgan fingerprint density at radius 3 is 2.94 bits per heavy atom. The van der Waals surface area contributed by atoms with Crippen LogP contribution in [-0.4, -0.2) is 39.6 Å². The third-order valence-electron chi connectivity index (χ3n) is 3.19. The molecule has 3 heterocycles. The largest absolute Gasteiger partial charge is 0.308 e. The van der Waals surface area contributed by atoms with Crippen LogP contribution in [0.1, 0.15) is 25.4 Å². The summed E-state index contributed by atoms with van der Waals surface area (Å²) >= 11 is 1.80. The van der Waals surface area contributed by atoms with Crippen molar-refractivity contribution in [2.45, 2.75) is 25.9 Å². The van der Waals surface area contributed by atoms with Crippen LogP contribution < -0.4 is 5.01 Å². The third-order valence-corrected chi connectivity index (χ3v) is 4.42. The summed E-state index contributed by atoms with van der Waals surface area (Å²) < 4.78 is 2.10. The number of likely N-dealkylation sites (N-methyl/N-ethyl adjacent to an activating group) is 1. The first-order valence-electron chi connectivity index (χ1n) is 5.87. The topological polar surface area (TPSA) is 33.4 Å². The van der Waals surface area contributed by atoms with Crippen molar-refractivity contribution in [2.24, 2.45) is 4.99 Å². The molecule has 0 saturated carbocycles. The van der Waals surface area contributed by atoms with Crippen molar-refractivity contribution < 1.29 is 0 Å². The first kappa shape index (κ1) is 10.9. The fourth-order valence-corrected chi connectivity index (χ4v) is 2.99. The lowest BCUT2D eigenvalue weighted by molar-refractivity contribution is 0.590. The van der Waals surface area contributed by atoms with E-state index in [2.05, 4.69) is 58.9 Å². The molecule has 1 aromatic rings. The molecule has 0 N–H and O–H groups in total. The van der Waals surface area contributed by atoms with E-state index in [1.165, 1.54) is 0 Å². The predicted molar refractivity (Wildman–Crippen MR) is 73.3 cm³/mol. The molecule has 0 spiro atoms. The number of hydrogen-bond acceptors (Lipinski definition) is 4. The van der Waals surface area contributed by atoms with Crippen molar-refractivity contribution >= 4 is 22.9 Å². The van der Waals surface area contributed by atoms with Gasteiger partial charge in [-0.1, -0.05) is 6.08 Å². The SMILES string of the molecule is CC1CSC(c2cn3c(n2)C=CC(C)N3C)=N1. The summed E-state index contributed by atoms with van der Waals surface area (Å²) in [6, 6.07) is 0.822. The highest BCUT2D eigenvalue weighted by molar-refractivity contribution is 8.14. The van der Waals surface area contributed by atoms with Crippen LogP contribution in [0.4, 0.5) is 0 Å². The summed E-state index contributed by atoms with van der Waals surface area (Å²) in [6.45, 7) is 4.31. The van der Waals surface area contributed by atoms with Crippen LogP contribution in [0.15, 0.2) is 17.3 Å². The van der Waals surface area contributed by atoms with Gasteiger partial charge in [-0.2, -0.15) is 0 Å². The Morgan fingerprint density at radius 2 is 2.24 bits per heavy atom. The van der Waals surface area contributed by atoms with Gasteiger partial charge in [-0.15, -0.1) is 11.8 Å². The molecule has 2 atom stereocenters. The molecule has 2 aliphatic heterocycles. The Labute approximate surface area is 105 Å². The average molecular weight is 248 g/mol. The molecule has 2 unspecified atom stereocenters. The van der Waals surface area contributed by atoms with Gasteiger partial charge in [-0.05, 0) is 19.9 Å². The van der Waals surface area contributed by atoms with E-state index in [4.69, 9.17) is 0 Å². The number of nitrogens with zero attached hydrogens (tertiary/aromatic N) is 4. The van der Waals surface area contributed by atoms with Crippen molar-refractivity contribution in [3.8, 4) is 0 Å². The molecule has 0 fully saturated rings. The highest BCUT2D eigenvalue weighted by atomic mass is 32.2. The van der Waals surface area contributed by atoms with Crippen molar-refractivity contribution in [3.05, 3.63) is 23.8 Å². The highest BCUT2D eigenvalue weighted by Gasteiger charge is 2.22. The molecule has 0 aromatic carbocycles. The summed E-state index contributed by atoms with van der Waals surface area (Å²) in [5.41, 5.74) is 1.000. The Bertz CT molecular complexity index is 503. The van der Waals surface area contributed by atoms with Gasteiger partial charge in [0.25, 0.3) is 0 Å². The van der Waals surface area contributed by atoms with E-state index >= 15 is 0 Å². The molecule has 90 valence electrons. The molecule has 1 aromatic heterocycles. The summed E-state index contributed by atoms with van der Waals surface area (Å²) in [7, 11) is 2.08. The minimum absolute atomic E-state index is 0.404. The van der Waals surface area contributed by atoms with Crippen LogP contribution in [0.2, 0.25) is 0 Å². The van der Waals surface area contributed by atoms with Crippen molar-refractivity contribution in [2.75, 3.05) is 17.8 Å². The van der Waals surface area contributed by atoms with Crippen LogP contribution in [0.5, 0.6) is 0 Å². The van der Waals surface area contributed by atoms with Gasteiger partial charge in [0.2, 0.25) is 0 Å². The summed E-state index contributed by atoms with van der Waals surface area (Å²) in [4.78, 5) is 9.24. The van der Waals surface area contributed by atoms with Crippen LogP contribution in [0, 0.1) is 0 Å². The second-order valence-corrected chi connectivity index (χ2v) is 5.61. The van der Waals surface area contributed by atoms with E-state index < -0.39 is 0 Å². The van der Waals surface area contributed by atoms with Crippen molar-refractivity contribution in [1.29, 1.82) is 0 Å². The second-order valence-electron chi connectivity index (χ2n) is 4.60. The maximum absolute atomic E-state index is 4.63. The van der Waals surface area contributed by atoms with Gasteiger partial charge < -0.3 is 5.01 Å². The van der Waals surface area contributed by atoms with E-state index in [-0.39, 0.29) is 0 Å². The van der Waals surface area contributed by atoms with Gasteiger partial charge in [0, 0.05) is 12.8 Å². The van der Waals surface area contributed by atoms with E-state index in [9.17, 15) is 0 Å². The van der Waals surface area contributed by atoms with Crippen LogP contribution >= 0.6 is 11.8 Å². The molecule has 5 heteroatoms. The fourth-order valence-electron chi connectivity index (χ4n) is 2.02. The van der Waals surface area contributed by atoms with Gasteiger partial charge in [0.15, 0.2) is 5.82 Å². The molecular weight excluding hydrogens is 232 g/mol. The van der Waals surface area contributed by atoms with Gasteiger partial charge in [0.05, 0.1) is 18.3 Å². The zero-order valence-electron chi connectivity index (χ0n) is 10.3. The standard InChI is InChI=1S/C12H16N4S/c1-8-7-17-12(13-8)10-6-16-11(14-10)5-4-9(2)15(16)3/h4-6,8-9H,7H2,1-3H3. The molecule has 2 aliphatic rings. The number of rotatable bonds is 1. The zero-order valence-corrected chi connectivity index (χ0v) is 11.1. The normalized spacial score (nSPS) is 27.2. The van der Waals surface area contributed by atoms with Gasteiger partial charge in [-0.25, -0.2) is 9.66 Å². The average Bonchev–Trinajstić information content (AvgIpc) is 2.90. The van der Waals surface area contributed by atoms with Gasteiger partial charge >= 0.3 is 0 Å². The third kappa shape index (κ3) is 1.78. The lowest BCUT2D eigenvalue weighted by Crippen LogP contribution is -2.39.